The molecule has 1 amide bonds. The molecule has 2 N–H and O–H groups in total. The normalized spacial score (nSPS) is 11.1. The summed E-state index contributed by atoms with van der Waals surface area (Å²) in [7, 11) is 0. The van der Waals surface area contributed by atoms with Crippen molar-refractivity contribution in [1.82, 2.24) is 34.8 Å². The first-order valence-electron chi connectivity index (χ1n) is 8.16. The van der Waals surface area contributed by atoms with Gasteiger partial charge in [0.15, 0.2) is 11.6 Å². The van der Waals surface area contributed by atoms with Crippen LogP contribution in [0.2, 0.25) is 5.02 Å². The van der Waals surface area contributed by atoms with Gasteiger partial charge in [0, 0.05) is 17.0 Å². The highest BCUT2D eigenvalue weighted by atomic mass is 35.5. The molecule has 0 aliphatic carbocycles. The number of amides is 1. The summed E-state index contributed by atoms with van der Waals surface area (Å²) in [4.78, 5) is 25.1. The SMILES string of the molecule is Cc1cc(C)n2nc(CC(=O)Nc3n[nH]c(-c4ccccc4Cl)n3)nc2n1. The average Bonchev–Trinajstić information content (AvgIpc) is 3.22. The predicted octanol–water partition coefficient (Wildman–Crippen LogP) is 2.36. The van der Waals surface area contributed by atoms with Crippen LogP contribution in [0.15, 0.2) is 30.3 Å². The molecule has 4 rings (SSSR count). The first kappa shape index (κ1) is 17.1. The minimum absolute atomic E-state index is 0.0161. The summed E-state index contributed by atoms with van der Waals surface area (Å²) in [5.41, 5.74) is 2.44. The standard InChI is InChI=1S/C17H15ClN8O/c1-9-7-10(2)26-17(19-9)20-13(25-26)8-14(27)21-16-22-15(23-24-16)11-5-3-4-6-12(11)18/h3-7H,8H2,1-2H3,(H2,21,22,23,24,27). The Bertz CT molecular complexity index is 1150. The number of fused-ring (bicyclic) bond motifs is 1. The summed E-state index contributed by atoms with van der Waals surface area (Å²) in [6.07, 6.45) is -0.0161. The maximum atomic E-state index is 12.3. The molecule has 0 spiro atoms. The van der Waals surface area contributed by atoms with Gasteiger partial charge in [-0.2, -0.15) is 9.97 Å². The number of carbonyl (C=O) groups is 1. The van der Waals surface area contributed by atoms with E-state index < -0.39 is 0 Å². The summed E-state index contributed by atoms with van der Waals surface area (Å²) >= 11 is 6.14. The fourth-order valence-corrected chi connectivity index (χ4v) is 2.91. The first-order valence-corrected chi connectivity index (χ1v) is 8.54. The van der Waals surface area contributed by atoms with Gasteiger partial charge in [0.25, 0.3) is 5.78 Å². The molecular formula is C17H15ClN8O. The van der Waals surface area contributed by atoms with E-state index in [2.05, 4.69) is 35.6 Å². The number of hydrogen-bond donors (Lipinski definition) is 2. The Hall–Kier alpha value is -3.33. The molecule has 3 aromatic heterocycles. The van der Waals surface area contributed by atoms with E-state index in [4.69, 9.17) is 11.6 Å². The second kappa shape index (κ2) is 6.76. The topological polar surface area (TPSA) is 114 Å². The van der Waals surface area contributed by atoms with Gasteiger partial charge >= 0.3 is 0 Å². The molecule has 0 saturated heterocycles. The number of anilines is 1. The number of aryl methyl sites for hydroxylation is 2. The molecule has 136 valence electrons. The lowest BCUT2D eigenvalue weighted by Gasteiger charge is -1.99. The van der Waals surface area contributed by atoms with Crippen LogP contribution in [-0.4, -0.2) is 40.7 Å². The van der Waals surface area contributed by atoms with Crippen molar-refractivity contribution in [3.8, 4) is 11.4 Å². The van der Waals surface area contributed by atoms with Crippen molar-refractivity contribution in [2.75, 3.05) is 5.32 Å². The highest BCUT2D eigenvalue weighted by Crippen LogP contribution is 2.24. The Morgan fingerprint density at radius 3 is 2.85 bits per heavy atom. The molecule has 0 unspecified atom stereocenters. The number of nitrogens with one attached hydrogen (secondary N) is 2. The largest absolute Gasteiger partial charge is 0.293 e. The van der Waals surface area contributed by atoms with Crippen molar-refractivity contribution >= 4 is 29.2 Å². The number of carbonyl (C=O) groups excluding carboxylic acids is 1. The molecule has 27 heavy (non-hydrogen) atoms. The average molecular weight is 383 g/mol. The first-order chi connectivity index (χ1) is 13.0. The monoisotopic (exact) mass is 382 g/mol. The van der Waals surface area contributed by atoms with E-state index in [0.717, 1.165) is 11.4 Å². The van der Waals surface area contributed by atoms with Crippen LogP contribution in [0.25, 0.3) is 17.2 Å². The molecular weight excluding hydrogens is 368 g/mol. The zero-order valence-electron chi connectivity index (χ0n) is 14.6. The maximum Gasteiger partial charge on any atom is 0.252 e. The Kier molecular flexibility index (Phi) is 4.28. The second-order valence-electron chi connectivity index (χ2n) is 5.99. The number of H-pyrrole nitrogens is 1. The number of hydrogen-bond acceptors (Lipinski definition) is 6. The van der Waals surface area contributed by atoms with Gasteiger partial charge in [0.2, 0.25) is 11.9 Å². The lowest BCUT2D eigenvalue weighted by Crippen LogP contribution is -2.16. The number of halogens is 1. The van der Waals surface area contributed by atoms with Crippen molar-refractivity contribution < 1.29 is 4.79 Å². The van der Waals surface area contributed by atoms with E-state index >= 15 is 0 Å². The number of nitrogens with zero attached hydrogens (tertiary/aromatic N) is 6. The van der Waals surface area contributed by atoms with Gasteiger partial charge in [-0.3, -0.25) is 15.2 Å². The third-order valence-corrected chi connectivity index (χ3v) is 4.18. The van der Waals surface area contributed by atoms with Crippen molar-refractivity contribution in [2.45, 2.75) is 20.3 Å². The molecule has 0 aliphatic heterocycles. The summed E-state index contributed by atoms with van der Waals surface area (Å²) in [6.45, 7) is 3.79. The zero-order chi connectivity index (χ0) is 19.0. The van der Waals surface area contributed by atoms with Crippen LogP contribution in [0.5, 0.6) is 0 Å². The van der Waals surface area contributed by atoms with Gasteiger partial charge in [-0.05, 0) is 32.0 Å². The Morgan fingerprint density at radius 1 is 1.22 bits per heavy atom. The molecule has 0 radical (unpaired) electrons. The number of rotatable bonds is 4. The molecule has 0 atom stereocenters. The molecule has 9 nitrogen and oxygen atoms in total. The molecule has 0 saturated carbocycles. The quantitative estimate of drug-likeness (QED) is 0.560. The van der Waals surface area contributed by atoms with Crippen LogP contribution >= 0.6 is 11.6 Å². The minimum atomic E-state index is -0.329. The van der Waals surface area contributed by atoms with Crippen LogP contribution < -0.4 is 5.32 Å². The second-order valence-corrected chi connectivity index (χ2v) is 6.40. The maximum absolute atomic E-state index is 12.3. The summed E-state index contributed by atoms with van der Waals surface area (Å²) < 4.78 is 1.61. The van der Waals surface area contributed by atoms with Gasteiger partial charge < -0.3 is 0 Å². The predicted molar refractivity (Wildman–Crippen MR) is 99.4 cm³/mol. The summed E-state index contributed by atoms with van der Waals surface area (Å²) in [6, 6.07) is 9.13. The molecule has 0 bridgehead atoms. The Balaban J connectivity index is 1.49. The zero-order valence-corrected chi connectivity index (χ0v) is 15.3. The lowest BCUT2D eigenvalue weighted by atomic mass is 10.2. The van der Waals surface area contributed by atoms with Crippen molar-refractivity contribution in [3.05, 3.63) is 52.6 Å². The smallest absolute Gasteiger partial charge is 0.252 e. The van der Waals surface area contributed by atoms with Gasteiger partial charge in [0.1, 0.15) is 0 Å². The van der Waals surface area contributed by atoms with Crippen LogP contribution in [0, 0.1) is 13.8 Å². The summed E-state index contributed by atoms with van der Waals surface area (Å²) in [5.74, 6) is 1.13. The highest BCUT2D eigenvalue weighted by Gasteiger charge is 2.14. The fourth-order valence-electron chi connectivity index (χ4n) is 2.69. The number of benzene rings is 1. The number of aromatic nitrogens is 7. The molecule has 1 aromatic carbocycles. The van der Waals surface area contributed by atoms with Crippen LogP contribution in [0.1, 0.15) is 17.2 Å². The Morgan fingerprint density at radius 2 is 2.04 bits per heavy atom. The van der Waals surface area contributed by atoms with Gasteiger partial charge in [-0.1, -0.05) is 23.7 Å². The minimum Gasteiger partial charge on any atom is -0.293 e. The van der Waals surface area contributed by atoms with E-state index in [1.165, 1.54) is 0 Å². The molecule has 0 fully saturated rings. The lowest BCUT2D eigenvalue weighted by molar-refractivity contribution is -0.115. The van der Waals surface area contributed by atoms with Crippen molar-refractivity contribution in [1.29, 1.82) is 0 Å². The van der Waals surface area contributed by atoms with E-state index in [1.54, 1.807) is 10.6 Å². The van der Waals surface area contributed by atoms with Crippen LogP contribution in [0.3, 0.4) is 0 Å². The third kappa shape index (κ3) is 3.49. The molecule has 0 aliphatic rings. The van der Waals surface area contributed by atoms with Gasteiger partial charge in [-0.15, -0.1) is 10.2 Å². The van der Waals surface area contributed by atoms with Crippen molar-refractivity contribution in [2.24, 2.45) is 0 Å². The third-order valence-electron chi connectivity index (χ3n) is 3.85. The molecule has 10 heteroatoms. The highest BCUT2D eigenvalue weighted by molar-refractivity contribution is 6.33. The van der Waals surface area contributed by atoms with E-state index in [1.807, 2.05) is 38.1 Å². The van der Waals surface area contributed by atoms with E-state index in [0.29, 0.717) is 28.0 Å². The molecule has 4 aromatic rings. The van der Waals surface area contributed by atoms with Crippen molar-refractivity contribution in [3.63, 3.8) is 0 Å². The fraction of sp³-hybridized carbons (Fsp3) is 0.176. The van der Waals surface area contributed by atoms with E-state index in [9.17, 15) is 4.79 Å². The summed E-state index contributed by atoms with van der Waals surface area (Å²) in [5, 5.41) is 14.2. The van der Waals surface area contributed by atoms with Crippen LogP contribution in [0.4, 0.5) is 5.95 Å². The number of aromatic amines is 1. The van der Waals surface area contributed by atoms with Gasteiger partial charge in [0.05, 0.1) is 11.4 Å². The molecule has 3 heterocycles. The van der Waals surface area contributed by atoms with E-state index in [-0.39, 0.29) is 18.3 Å². The Labute approximate surface area is 158 Å². The van der Waals surface area contributed by atoms with Gasteiger partial charge in [-0.25, -0.2) is 9.50 Å². The van der Waals surface area contributed by atoms with Crippen LogP contribution in [-0.2, 0) is 11.2 Å².